The van der Waals surface area contributed by atoms with Crippen molar-refractivity contribution in [3.63, 3.8) is 0 Å². The molecule has 0 aromatic carbocycles. The zero-order valence-corrected chi connectivity index (χ0v) is 10.9. The van der Waals surface area contributed by atoms with Gasteiger partial charge >= 0.3 is 0 Å². The summed E-state index contributed by atoms with van der Waals surface area (Å²) in [5.41, 5.74) is 0. The maximum absolute atomic E-state index is 11.8. The molecule has 4 nitrogen and oxygen atoms in total. The molecule has 1 aliphatic heterocycles. The van der Waals surface area contributed by atoms with Crippen LogP contribution in [0.25, 0.3) is 0 Å². The number of carbonyl (C=O) groups excluding carboxylic acids is 2. The summed E-state index contributed by atoms with van der Waals surface area (Å²) in [6.45, 7) is 4.72. The minimum absolute atomic E-state index is 0.0342. The van der Waals surface area contributed by atoms with Gasteiger partial charge in [-0.05, 0) is 19.3 Å². The second-order valence-electron chi connectivity index (χ2n) is 5.12. The molecule has 0 aromatic rings. The third-order valence-electron chi connectivity index (χ3n) is 3.52. The molecule has 3 atom stereocenters. The molecular weight excluding hydrogens is 228 g/mol. The number of hydrogen-bond acceptors (Lipinski definition) is 2. The highest BCUT2D eigenvalue weighted by Gasteiger charge is 2.44. The minimum Gasteiger partial charge on any atom is -0.348 e. The Morgan fingerprint density at radius 1 is 1.44 bits per heavy atom. The monoisotopic (exact) mass is 248 g/mol. The van der Waals surface area contributed by atoms with Crippen LogP contribution in [0.15, 0.2) is 24.3 Å². The van der Waals surface area contributed by atoms with Crippen LogP contribution in [0.2, 0.25) is 0 Å². The maximum atomic E-state index is 11.8. The molecule has 18 heavy (non-hydrogen) atoms. The van der Waals surface area contributed by atoms with Gasteiger partial charge in [-0.15, -0.1) is 0 Å². The van der Waals surface area contributed by atoms with Crippen molar-refractivity contribution < 1.29 is 9.59 Å². The Morgan fingerprint density at radius 3 is 2.78 bits per heavy atom. The molecule has 0 radical (unpaired) electrons. The van der Waals surface area contributed by atoms with Crippen LogP contribution in [0.4, 0.5) is 0 Å². The van der Waals surface area contributed by atoms with Crippen molar-refractivity contribution in [1.82, 2.24) is 10.2 Å². The topological polar surface area (TPSA) is 49.4 Å². The number of likely N-dealkylation sites (tertiary alicyclic amines) is 1. The van der Waals surface area contributed by atoms with Gasteiger partial charge in [0.2, 0.25) is 11.8 Å². The second-order valence-corrected chi connectivity index (χ2v) is 5.12. The Balaban J connectivity index is 1.81. The largest absolute Gasteiger partial charge is 0.348 e. The van der Waals surface area contributed by atoms with Crippen LogP contribution in [0.1, 0.15) is 26.7 Å². The first kappa shape index (κ1) is 12.9. The van der Waals surface area contributed by atoms with E-state index in [9.17, 15) is 9.59 Å². The van der Waals surface area contributed by atoms with Gasteiger partial charge in [-0.1, -0.05) is 25.2 Å². The van der Waals surface area contributed by atoms with E-state index in [1.807, 2.05) is 17.9 Å². The first-order chi connectivity index (χ1) is 8.61. The van der Waals surface area contributed by atoms with Crippen LogP contribution in [0.3, 0.4) is 0 Å². The standard InChI is InChI=1S/C14H20N2O2/c1-3-4-5-6-13(17)15-11-8-14(18)16(9-11)12-7-10(12)2/h3-6,10-12H,7-9H2,1-2H3,(H,15,17)/b4-3+,6-5-/t10-,11-,12-/m1/s1. The zero-order chi connectivity index (χ0) is 13.1. The number of hydrogen-bond donors (Lipinski definition) is 1. The molecule has 2 fully saturated rings. The van der Waals surface area contributed by atoms with Crippen LogP contribution in [0, 0.1) is 5.92 Å². The molecular formula is C14H20N2O2. The third-order valence-corrected chi connectivity index (χ3v) is 3.52. The predicted octanol–water partition coefficient (Wildman–Crippen LogP) is 1.24. The van der Waals surface area contributed by atoms with Gasteiger partial charge < -0.3 is 10.2 Å². The summed E-state index contributed by atoms with van der Waals surface area (Å²) in [5, 5.41) is 2.87. The third kappa shape index (κ3) is 3.00. The van der Waals surface area contributed by atoms with E-state index in [0.717, 1.165) is 6.42 Å². The van der Waals surface area contributed by atoms with E-state index < -0.39 is 0 Å². The van der Waals surface area contributed by atoms with Gasteiger partial charge in [0.25, 0.3) is 0 Å². The Hall–Kier alpha value is -1.58. The van der Waals surface area contributed by atoms with Crippen LogP contribution >= 0.6 is 0 Å². The van der Waals surface area contributed by atoms with E-state index in [0.29, 0.717) is 24.9 Å². The Bertz CT molecular complexity index is 401. The molecule has 4 heteroatoms. The van der Waals surface area contributed by atoms with Gasteiger partial charge in [0.1, 0.15) is 0 Å². The lowest BCUT2D eigenvalue weighted by Crippen LogP contribution is -2.37. The van der Waals surface area contributed by atoms with E-state index in [4.69, 9.17) is 0 Å². The van der Waals surface area contributed by atoms with Crippen LogP contribution in [-0.4, -0.2) is 35.3 Å². The minimum atomic E-state index is -0.128. The molecule has 0 unspecified atom stereocenters. The smallest absolute Gasteiger partial charge is 0.244 e. The van der Waals surface area contributed by atoms with Crippen molar-refractivity contribution in [3.05, 3.63) is 24.3 Å². The fourth-order valence-electron chi connectivity index (χ4n) is 2.39. The normalized spacial score (nSPS) is 31.6. The first-order valence-corrected chi connectivity index (χ1v) is 6.51. The quantitative estimate of drug-likeness (QED) is 0.601. The number of amides is 2. The fraction of sp³-hybridized carbons (Fsp3) is 0.571. The summed E-state index contributed by atoms with van der Waals surface area (Å²) in [6, 6.07) is 0.381. The van der Waals surface area contributed by atoms with Gasteiger partial charge in [-0.2, -0.15) is 0 Å². The molecule has 0 aromatic heterocycles. The molecule has 1 N–H and O–H groups in total. The Kier molecular flexibility index (Phi) is 3.84. The van der Waals surface area contributed by atoms with Gasteiger partial charge in [-0.3, -0.25) is 9.59 Å². The van der Waals surface area contributed by atoms with Crippen molar-refractivity contribution >= 4 is 11.8 Å². The highest BCUT2D eigenvalue weighted by atomic mass is 16.2. The molecule has 1 saturated carbocycles. The lowest BCUT2D eigenvalue weighted by atomic mass is 10.2. The molecule has 0 bridgehead atoms. The first-order valence-electron chi connectivity index (χ1n) is 6.51. The average Bonchev–Trinajstić information content (AvgIpc) is 2.91. The number of nitrogens with one attached hydrogen (secondary N) is 1. The van der Waals surface area contributed by atoms with Crippen molar-refractivity contribution in [3.8, 4) is 0 Å². The SMILES string of the molecule is C/C=C/C=C\C(=O)N[C@@H]1CC(=O)N([C@@H]2C[C@H]2C)C1. The molecule has 1 aliphatic carbocycles. The lowest BCUT2D eigenvalue weighted by molar-refractivity contribution is -0.128. The highest BCUT2D eigenvalue weighted by molar-refractivity contribution is 5.89. The van der Waals surface area contributed by atoms with Crippen molar-refractivity contribution in [2.75, 3.05) is 6.54 Å². The Labute approximate surface area is 108 Å². The molecule has 2 amide bonds. The van der Waals surface area contributed by atoms with E-state index in [2.05, 4.69) is 12.2 Å². The van der Waals surface area contributed by atoms with Gasteiger partial charge in [0.05, 0.1) is 6.04 Å². The zero-order valence-electron chi connectivity index (χ0n) is 10.9. The highest BCUT2D eigenvalue weighted by Crippen LogP contribution is 2.37. The molecule has 2 aliphatic rings. The molecule has 2 rings (SSSR count). The number of allylic oxidation sites excluding steroid dienone is 3. The molecule has 1 heterocycles. The van der Waals surface area contributed by atoms with Gasteiger partial charge in [0.15, 0.2) is 0 Å². The summed E-state index contributed by atoms with van der Waals surface area (Å²) in [6.07, 6.45) is 8.40. The number of carbonyl (C=O) groups is 2. The fourth-order valence-corrected chi connectivity index (χ4v) is 2.39. The summed E-state index contributed by atoms with van der Waals surface area (Å²) >= 11 is 0. The van der Waals surface area contributed by atoms with Crippen LogP contribution < -0.4 is 5.32 Å². The summed E-state index contributed by atoms with van der Waals surface area (Å²) in [4.78, 5) is 25.3. The van der Waals surface area contributed by atoms with Crippen molar-refractivity contribution in [2.45, 2.75) is 38.8 Å². The average molecular weight is 248 g/mol. The summed E-state index contributed by atoms with van der Waals surface area (Å²) in [7, 11) is 0. The van der Waals surface area contributed by atoms with Crippen molar-refractivity contribution in [1.29, 1.82) is 0 Å². The molecule has 98 valence electrons. The maximum Gasteiger partial charge on any atom is 0.244 e. The van der Waals surface area contributed by atoms with Gasteiger partial charge in [0, 0.05) is 25.1 Å². The van der Waals surface area contributed by atoms with Crippen LogP contribution in [0.5, 0.6) is 0 Å². The predicted molar refractivity (Wildman–Crippen MR) is 69.8 cm³/mol. The van der Waals surface area contributed by atoms with E-state index in [1.54, 1.807) is 12.2 Å². The van der Waals surface area contributed by atoms with E-state index >= 15 is 0 Å². The van der Waals surface area contributed by atoms with E-state index in [-0.39, 0.29) is 17.9 Å². The second kappa shape index (κ2) is 5.38. The number of nitrogens with zero attached hydrogens (tertiary/aromatic N) is 1. The molecule has 1 saturated heterocycles. The summed E-state index contributed by atoms with van der Waals surface area (Å²) in [5.74, 6) is 0.668. The molecule has 0 spiro atoms. The number of rotatable bonds is 4. The Morgan fingerprint density at radius 2 is 2.17 bits per heavy atom. The summed E-state index contributed by atoms with van der Waals surface area (Å²) < 4.78 is 0. The van der Waals surface area contributed by atoms with Gasteiger partial charge in [-0.25, -0.2) is 0 Å². The van der Waals surface area contributed by atoms with Crippen LogP contribution in [-0.2, 0) is 9.59 Å². The van der Waals surface area contributed by atoms with E-state index in [1.165, 1.54) is 6.08 Å². The van der Waals surface area contributed by atoms with Crippen molar-refractivity contribution in [2.24, 2.45) is 5.92 Å². The lowest BCUT2D eigenvalue weighted by Gasteiger charge is -2.16.